The van der Waals surface area contributed by atoms with Crippen molar-refractivity contribution in [2.45, 2.75) is 0 Å². The molecule has 7 heteroatoms. The van der Waals surface area contributed by atoms with E-state index in [1.165, 1.54) is 19.2 Å². The summed E-state index contributed by atoms with van der Waals surface area (Å²) in [6.45, 7) is 2.94. The molecular weight excluding hydrogens is 248 g/mol. The van der Waals surface area contributed by atoms with E-state index in [1.807, 2.05) is 4.90 Å². The van der Waals surface area contributed by atoms with Crippen LogP contribution < -0.4 is 15.5 Å². The SMILES string of the molecule is CNC(=O)c1ccc([N+](=O)[O-])c(N2CCNCC2)c1. The molecule has 1 aromatic carbocycles. The van der Waals surface area contributed by atoms with Crippen molar-refractivity contribution in [1.82, 2.24) is 10.6 Å². The van der Waals surface area contributed by atoms with Crippen LogP contribution >= 0.6 is 0 Å². The summed E-state index contributed by atoms with van der Waals surface area (Å²) in [6, 6.07) is 4.45. The minimum Gasteiger partial charge on any atom is -0.363 e. The van der Waals surface area contributed by atoms with Crippen molar-refractivity contribution in [3.8, 4) is 0 Å². The Balaban J connectivity index is 2.40. The zero-order valence-electron chi connectivity index (χ0n) is 10.7. The molecule has 1 saturated heterocycles. The molecule has 1 heterocycles. The van der Waals surface area contributed by atoms with E-state index in [9.17, 15) is 14.9 Å². The first-order chi connectivity index (χ1) is 9.13. The number of benzene rings is 1. The van der Waals surface area contributed by atoms with Gasteiger partial charge in [-0.1, -0.05) is 0 Å². The Kier molecular flexibility index (Phi) is 3.96. The van der Waals surface area contributed by atoms with Crippen molar-refractivity contribution in [3.63, 3.8) is 0 Å². The first-order valence-electron chi connectivity index (χ1n) is 6.09. The van der Waals surface area contributed by atoms with Crippen LogP contribution in [0.3, 0.4) is 0 Å². The van der Waals surface area contributed by atoms with E-state index in [1.54, 1.807) is 6.07 Å². The average molecular weight is 264 g/mol. The molecule has 1 aromatic rings. The fourth-order valence-electron chi connectivity index (χ4n) is 2.12. The van der Waals surface area contributed by atoms with Gasteiger partial charge in [0.2, 0.25) is 0 Å². The molecule has 7 nitrogen and oxygen atoms in total. The Bertz CT molecular complexity index is 498. The van der Waals surface area contributed by atoms with Crippen molar-refractivity contribution in [2.24, 2.45) is 0 Å². The minimum atomic E-state index is -0.412. The molecule has 102 valence electrons. The van der Waals surface area contributed by atoms with Gasteiger partial charge in [0.25, 0.3) is 11.6 Å². The smallest absolute Gasteiger partial charge is 0.292 e. The molecule has 0 spiro atoms. The molecule has 0 aromatic heterocycles. The maximum Gasteiger partial charge on any atom is 0.292 e. The zero-order chi connectivity index (χ0) is 13.8. The first kappa shape index (κ1) is 13.3. The Morgan fingerprint density at radius 2 is 2.11 bits per heavy atom. The predicted octanol–water partition coefficient (Wildman–Crippen LogP) is 0.364. The van der Waals surface area contributed by atoms with Gasteiger partial charge >= 0.3 is 0 Å². The van der Waals surface area contributed by atoms with Gasteiger partial charge in [-0.2, -0.15) is 0 Å². The first-order valence-corrected chi connectivity index (χ1v) is 6.09. The second-order valence-electron chi connectivity index (χ2n) is 4.28. The van der Waals surface area contributed by atoms with Crippen LogP contribution in [0, 0.1) is 10.1 Å². The van der Waals surface area contributed by atoms with E-state index >= 15 is 0 Å². The van der Waals surface area contributed by atoms with Gasteiger partial charge in [-0.15, -0.1) is 0 Å². The maximum absolute atomic E-state index is 11.6. The number of hydrogen-bond acceptors (Lipinski definition) is 5. The Morgan fingerprint density at radius 1 is 1.42 bits per heavy atom. The van der Waals surface area contributed by atoms with E-state index in [0.717, 1.165) is 13.1 Å². The van der Waals surface area contributed by atoms with E-state index in [-0.39, 0.29) is 11.6 Å². The molecule has 1 aliphatic rings. The number of nitro benzene ring substituents is 1. The van der Waals surface area contributed by atoms with Crippen LogP contribution in [0.5, 0.6) is 0 Å². The summed E-state index contributed by atoms with van der Waals surface area (Å²) in [5.41, 5.74) is 0.976. The van der Waals surface area contributed by atoms with Gasteiger partial charge in [-0.05, 0) is 12.1 Å². The number of anilines is 1. The highest BCUT2D eigenvalue weighted by Gasteiger charge is 2.22. The molecule has 0 aliphatic carbocycles. The van der Waals surface area contributed by atoms with Crippen LogP contribution in [0.4, 0.5) is 11.4 Å². The Labute approximate surface area is 110 Å². The monoisotopic (exact) mass is 264 g/mol. The number of carbonyl (C=O) groups excluding carboxylic acids is 1. The van der Waals surface area contributed by atoms with Gasteiger partial charge in [0.15, 0.2) is 0 Å². The van der Waals surface area contributed by atoms with Crippen molar-refractivity contribution >= 4 is 17.3 Å². The quantitative estimate of drug-likeness (QED) is 0.608. The van der Waals surface area contributed by atoms with Crippen molar-refractivity contribution in [1.29, 1.82) is 0 Å². The molecule has 0 unspecified atom stereocenters. The highest BCUT2D eigenvalue weighted by atomic mass is 16.6. The molecule has 2 rings (SSSR count). The summed E-state index contributed by atoms with van der Waals surface area (Å²) in [6.07, 6.45) is 0. The lowest BCUT2D eigenvalue weighted by Gasteiger charge is -2.29. The second-order valence-corrected chi connectivity index (χ2v) is 4.28. The molecule has 2 N–H and O–H groups in total. The minimum absolute atomic E-state index is 0.0366. The number of nitrogens with zero attached hydrogens (tertiary/aromatic N) is 2. The van der Waals surface area contributed by atoms with E-state index < -0.39 is 4.92 Å². The third-order valence-corrected chi connectivity index (χ3v) is 3.12. The number of hydrogen-bond donors (Lipinski definition) is 2. The fourth-order valence-corrected chi connectivity index (χ4v) is 2.12. The van der Waals surface area contributed by atoms with E-state index in [4.69, 9.17) is 0 Å². The third-order valence-electron chi connectivity index (χ3n) is 3.12. The van der Waals surface area contributed by atoms with E-state index in [0.29, 0.717) is 24.3 Å². The highest BCUT2D eigenvalue weighted by molar-refractivity contribution is 5.95. The Morgan fingerprint density at radius 3 is 2.68 bits per heavy atom. The topological polar surface area (TPSA) is 87.5 Å². The van der Waals surface area contributed by atoms with Crippen LogP contribution in [0.1, 0.15) is 10.4 Å². The molecule has 0 saturated carbocycles. The summed E-state index contributed by atoms with van der Waals surface area (Å²) in [5.74, 6) is -0.244. The Hall–Kier alpha value is -2.15. The van der Waals surface area contributed by atoms with Crippen molar-refractivity contribution in [2.75, 3.05) is 38.1 Å². The van der Waals surface area contributed by atoms with Crippen molar-refractivity contribution in [3.05, 3.63) is 33.9 Å². The molecule has 1 fully saturated rings. The normalized spacial score (nSPS) is 15.1. The summed E-state index contributed by atoms with van der Waals surface area (Å²) in [4.78, 5) is 24.2. The maximum atomic E-state index is 11.6. The summed E-state index contributed by atoms with van der Waals surface area (Å²) < 4.78 is 0. The molecular formula is C12H16N4O3. The molecule has 1 aliphatic heterocycles. The molecule has 19 heavy (non-hydrogen) atoms. The van der Waals surface area contributed by atoms with Gasteiger partial charge in [-0.3, -0.25) is 14.9 Å². The summed E-state index contributed by atoms with van der Waals surface area (Å²) >= 11 is 0. The van der Waals surface area contributed by atoms with Gasteiger partial charge < -0.3 is 15.5 Å². The number of piperazine rings is 1. The molecule has 0 radical (unpaired) electrons. The van der Waals surface area contributed by atoms with Crippen LogP contribution in [0.2, 0.25) is 0 Å². The summed E-state index contributed by atoms with van der Waals surface area (Å²) in [7, 11) is 1.54. The zero-order valence-corrected chi connectivity index (χ0v) is 10.7. The lowest BCUT2D eigenvalue weighted by molar-refractivity contribution is -0.384. The lowest BCUT2D eigenvalue weighted by Crippen LogP contribution is -2.43. The number of nitro groups is 1. The largest absolute Gasteiger partial charge is 0.363 e. The molecule has 0 bridgehead atoms. The van der Waals surface area contributed by atoms with Gasteiger partial charge in [0.05, 0.1) is 4.92 Å². The lowest BCUT2D eigenvalue weighted by atomic mass is 10.1. The second kappa shape index (κ2) is 5.66. The average Bonchev–Trinajstić information content (AvgIpc) is 2.46. The van der Waals surface area contributed by atoms with Crippen LogP contribution in [0.15, 0.2) is 18.2 Å². The number of amides is 1. The molecule has 1 amide bonds. The third kappa shape index (κ3) is 2.82. The van der Waals surface area contributed by atoms with Gasteiger partial charge in [-0.25, -0.2) is 0 Å². The van der Waals surface area contributed by atoms with E-state index in [2.05, 4.69) is 10.6 Å². The van der Waals surface area contributed by atoms with Crippen molar-refractivity contribution < 1.29 is 9.72 Å². The number of rotatable bonds is 3. The van der Waals surface area contributed by atoms with Gasteiger partial charge in [0.1, 0.15) is 5.69 Å². The molecule has 0 atom stereocenters. The highest BCUT2D eigenvalue weighted by Crippen LogP contribution is 2.29. The standard InChI is InChI=1S/C12H16N4O3/c1-13-12(17)9-2-3-10(16(18)19)11(8-9)15-6-4-14-5-7-15/h2-3,8,14H,4-7H2,1H3,(H,13,17). The van der Waals surface area contributed by atoms with Crippen LogP contribution in [-0.2, 0) is 0 Å². The van der Waals surface area contributed by atoms with Crippen LogP contribution in [-0.4, -0.2) is 44.1 Å². The predicted molar refractivity (Wildman–Crippen MR) is 71.6 cm³/mol. The number of carbonyl (C=O) groups is 1. The number of nitrogens with one attached hydrogen (secondary N) is 2. The van der Waals surface area contributed by atoms with Gasteiger partial charge in [0, 0.05) is 44.9 Å². The van der Waals surface area contributed by atoms with Crippen LogP contribution in [0.25, 0.3) is 0 Å². The fraction of sp³-hybridized carbons (Fsp3) is 0.417. The summed E-state index contributed by atoms with van der Waals surface area (Å²) in [5, 5.41) is 16.8.